The molecule has 1 aliphatic heterocycles. The van der Waals surface area contributed by atoms with Gasteiger partial charge >= 0.3 is 6.18 Å². The quantitative estimate of drug-likeness (QED) is 0.343. The van der Waals surface area contributed by atoms with Gasteiger partial charge in [0, 0.05) is 66.7 Å². The van der Waals surface area contributed by atoms with Gasteiger partial charge in [0.1, 0.15) is 23.7 Å². The van der Waals surface area contributed by atoms with Crippen LogP contribution in [0.5, 0.6) is 5.88 Å². The van der Waals surface area contributed by atoms with Crippen LogP contribution in [0.4, 0.5) is 23.2 Å². The van der Waals surface area contributed by atoms with Crippen LogP contribution >= 0.6 is 0 Å². The molecule has 2 aliphatic rings. The van der Waals surface area contributed by atoms with Crippen LogP contribution in [0.15, 0.2) is 30.7 Å². The minimum Gasteiger partial charge on any atom is -0.480 e. The minimum atomic E-state index is -4.65. The van der Waals surface area contributed by atoms with Crippen molar-refractivity contribution in [3.63, 3.8) is 0 Å². The summed E-state index contributed by atoms with van der Waals surface area (Å²) >= 11 is 0. The van der Waals surface area contributed by atoms with Gasteiger partial charge in [-0.05, 0) is 31.0 Å². The lowest BCUT2D eigenvalue weighted by atomic mass is 9.98. The van der Waals surface area contributed by atoms with Crippen molar-refractivity contribution < 1.29 is 26.4 Å². The van der Waals surface area contributed by atoms with Gasteiger partial charge in [0.05, 0.1) is 23.9 Å². The fourth-order valence-electron chi connectivity index (χ4n) is 5.00. The van der Waals surface area contributed by atoms with E-state index in [1.165, 1.54) is 32.6 Å². The zero-order chi connectivity index (χ0) is 29.3. The Labute approximate surface area is 220 Å². The summed E-state index contributed by atoms with van der Waals surface area (Å²) in [5.41, 5.74) is 2.19. The van der Waals surface area contributed by atoms with Crippen LogP contribution < -0.4 is 9.64 Å². The van der Waals surface area contributed by atoms with Crippen molar-refractivity contribution in [2.45, 2.75) is 37.9 Å². The first kappa shape index (κ1) is 21.0. The molecule has 4 aromatic rings. The molecule has 0 radical (unpaired) electrons. The zero-order valence-corrected chi connectivity index (χ0v) is 20.6. The molecule has 0 spiro atoms. The highest BCUT2D eigenvalue weighted by atomic mass is 19.4. The molecular weight excluding hydrogens is 502 g/mol. The predicted molar refractivity (Wildman–Crippen MR) is 131 cm³/mol. The van der Waals surface area contributed by atoms with E-state index in [-0.39, 0.29) is 23.9 Å². The molecular formula is C26H25F4N7O. The van der Waals surface area contributed by atoms with Crippen LogP contribution in [0.25, 0.3) is 22.6 Å². The summed E-state index contributed by atoms with van der Waals surface area (Å²) in [7, 11) is 2.85. The number of rotatable bonds is 5. The summed E-state index contributed by atoms with van der Waals surface area (Å²) in [6.45, 7) is -1.95. The summed E-state index contributed by atoms with van der Waals surface area (Å²) in [6, 6.07) is 4.26. The van der Waals surface area contributed by atoms with E-state index < -0.39 is 24.7 Å². The van der Waals surface area contributed by atoms with E-state index in [1.807, 2.05) is 4.90 Å². The molecule has 38 heavy (non-hydrogen) atoms. The second-order valence-corrected chi connectivity index (χ2v) is 9.50. The maximum atomic E-state index is 15.3. The molecule has 0 saturated heterocycles. The van der Waals surface area contributed by atoms with Gasteiger partial charge in [-0.3, -0.25) is 4.68 Å². The van der Waals surface area contributed by atoms with Crippen molar-refractivity contribution in [3.05, 3.63) is 59.2 Å². The highest BCUT2D eigenvalue weighted by molar-refractivity contribution is 5.73. The van der Waals surface area contributed by atoms with Crippen LogP contribution in [0.3, 0.4) is 0 Å². The maximum Gasteiger partial charge on any atom is 0.434 e. The molecule has 0 bridgehead atoms. The van der Waals surface area contributed by atoms with Gasteiger partial charge in [0.25, 0.3) is 0 Å². The van der Waals surface area contributed by atoms with Crippen molar-refractivity contribution >= 4 is 5.69 Å². The Balaban J connectivity index is 1.40. The molecule has 3 aromatic heterocycles. The van der Waals surface area contributed by atoms with Gasteiger partial charge in [-0.1, -0.05) is 0 Å². The Morgan fingerprint density at radius 1 is 1.18 bits per heavy atom. The number of alkyl halides is 3. The molecule has 12 heteroatoms. The molecule has 8 nitrogen and oxygen atoms in total. The van der Waals surface area contributed by atoms with Crippen LogP contribution in [0.2, 0.25) is 0 Å². The Hall–Kier alpha value is -3.96. The third kappa shape index (κ3) is 4.07. The second-order valence-electron chi connectivity index (χ2n) is 9.50. The topological polar surface area (TPSA) is 73.9 Å². The standard InChI is InChI=1S/C26H25F4N7O/c1-35-12-20(26(28,29)30)33-24(35)16-7-6-15(10-18(16)27)37-9-8-19-17(11-37)23(34-36(19)2)21-22(14-4-5-14)31-13-32-25(21)38-3/h6-7,10,12-14H,4-5,8-9,11H2,1-3H3/i2D3. The molecule has 0 unspecified atom stereocenters. The SMILES string of the molecule is [2H]C([2H])([2H])n1nc(-c2c(OC)ncnc2C2CC2)c2c1CCN(c1ccc(-c3nc(C(F)(F)F)cn3C)c(F)c1)C2. The van der Waals surface area contributed by atoms with Crippen molar-refractivity contribution in [1.82, 2.24) is 29.3 Å². The largest absolute Gasteiger partial charge is 0.480 e. The van der Waals surface area contributed by atoms with E-state index in [1.54, 1.807) is 6.07 Å². The predicted octanol–water partition coefficient (Wildman–Crippen LogP) is 4.88. The Morgan fingerprint density at radius 3 is 2.66 bits per heavy atom. The summed E-state index contributed by atoms with van der Waals surface area (Å²) in [5, 5.41) is 4.53. The molecule has 6 rings (SSSR count). The van der Waals surface area contributed by atoms with Crippen LogP contribution in [-0.2, 0) is 33.2 Å². The number of ether oxygens (including phenoxy) is 1. The zero-order valence-electron chi connectivity index (χ0n) is 23.6. The average Bonchev–Trinajstić information content (AvgIpc) is 3.58. The molecule has 1 saturated carbocycles. The van der Waals surface area contributed by atoms with Crippen LogP contribution in [0.1, 0.15) is 45.5 Å². The highest BCUT2D eigenvalue weighted by Gasteiger charge is 2.36. The number of aryl methyl sites for hydroxylation is 2. The average molecular weight is 531 g/mol. The van der Waals surface area contributed by atoms with Gasteiger partial charge in [-0.2, -0.15) is 18.3 Å². The van der Waals surface area contributed by atoms with E-state index >= 15 is 4.39 Å². The van der Waals surface area contributed by atoms with Crippen LogP contribution in [0, 0.1) is 5.82 Å². The lowest BCUT2D eigenvalue weighted by Gasteiger charge is -2.30. The van der Waals surface area contributed by atoms with Gasteiger partial charge in [-0.15, -0.1) is 0 Å². The molecule has 1 fully saturated rings. The normalized spacial score (nSPS) is 17.1. The number of fused-ring (bicyclic) bond motifs is 1. The fraction of sp³-hybridized carbons (Fsp3) is 0.385. The van der Waals surface area contributed by atoms with Gasteiger partial charge < -0.3 is 14.2 Å². The molecule has 4 heterocycles. The Morgan fingerprint density at radius 2 is 2.00 bits per heavy atom. The smallest absolute Gasteiger partial charge is 0.434 e. The third-order valence-corrected chi connectivity index (χ3v) is 7.02. The number of nitrogens with zero attached hydrogens (tertiary/aromatic N) is 7. The lowest BCUT2D eigenvalue weighted by molar-refractivity contribution is -0.140. The molecule has 1 aliphatic carbocycles. The van der Waals surface area contributed by atoms with Gasteiger partial charge in [0.2, 0.25) is 5.88 Å². The molecule has 0 N–H and O–H groups in total. The van der Waals surface area contributed by atoms with Crippen LogP contribution in [-0.4, -0.2) is 43.0 Å². The molecule has 1 aromatic carbocycles. The fourth-order valence-corrected chi connectivity index (χ4v) is 5.00. The number of hydrogen-bond donors (Lipinski definition) is 0. The van der Waals surface area contributed by atoms with Crippen molar-refractivity contribution in [1.29, 1.82) is 0 Å². The maximum absolute atomic E-state index is 15.3. The van der Waals surface area contributed by atoms with Crippen molar-refractivity contribution in [2.24, 2.45) is 14.0 Å². The highest BCUT2D eigenvalue weighted by Crippen LogP contribution is 2.47. The first-order valence-corrected chi connectivity index (χ1v) is 12.0. The third-order valence-electron chi connectivity index (χ3n) is 7.02. The summed E-state index contributed by atoms with van der Waals surface area (Å²) in [6.07, 6.45) is -0.232. The number of hydrogen-bond acceptors (Lipinski definition) is 6. The molecule has 0 amide bonds. The number of benzene rings is 1. The van der Waals surface area contributed by atoms with E-state index in [4.69, 9.17) is 8.85 Å². The first-order valence-electron chi connectivity index (χ1n) is 13.5. The van der Waals surface area contributed by atoms with Gasteiger partial charge in [-0.25, -0.2) is 19.3 Å². The Bertz CT molecular complexity index is 1640. The monoisotopic (exact) mass is 530 g/mol. The minimum absolute atomic E-state index is 0.0689. The number of imidazole rings is 1. The first-order chi connectivity index (χ1) is 19.4. The van der Waals surface area contributed by atoms with Crippen molar-refractivity contribution in [3.8, 4) is 28.5 Å². The number of anilines is 1. The van der Waals surface area contributed by atoms with E-state index in [9.17, 15) is 13.2 Å². The summed E-state index contributed by atoms with van der Waals surface area (Å²) in [4.78, 5) is 14.2. The molecule has 198 valence electrons. The van der Waals surface area contributed by atoms with E-state index in [0.717, 1.165) is 34.0 Å². The number of aromatic nitrogens is 6. The van der Waals surface area contributed by atoms with E-state index in [0.29, 0.717) is 47.0 Å². The van der Waals surface area contributed by atoms with Gasteiger partial charge in [0.15, 0.2) is 5.69 Å². The lowest BCUT2D eigenvalue weighted by Crippen LogP contribution is -2.31. The summed E-state index contributed by atoms with van der Waals surface area (Å²) in [5.74, 6) is -0.392. The van der Waals surface area contributed by atoms with Crippen molar-refractivity contribution in [2.75, 3.05) is 18.6 Å². The summed E-state index contributed by atoms with van der Waals surface area (Å²) < 4.78 is 86.7. The van der Waals surface area contributed by atoms with E-state index in [2.05, 4.69) is 20.1 Å². The number of methoxy groups -OCH3 is 1. The Kier molecular flexibility index (Phi) is 4.88. The number of halogens is 4. The second kappa shape index (κ2) is 8.81. The molecule has 0 atom stereocenters.